The number of H-pyrrole nitrogens is 1. The minimum Gasteiger partial charge on any atom is -0.376 e. The molecule has 0 unspecified atom stereocenters. The fourth-order valence-corrected chi connectivity index (χ4v) is 3.24. The number of hydrogen-bond acceptors (Lipinski definition) is 3. The van der Waals surface area contributed by atoms with Crippen molar-refractivity contribution in [1.82, 2.24) is 9.88 Å². The predicted molar refractivity (Wildman–Crippen MR) is 98.4 cm³/mol. The number of nitrogens with zero attached hydrogens (tertiary/aromatic N) is 1. The van der Waals surface area contributed by atoms with Crippen LogP contribution in [0.3, 0.4) is 0 Å². The minimum atomic E-state index is -0.498. The molecule has 0 radical (unpaired) electrons. The first kappa shape index (κ1) is 17.7. The van der Waals surface area contributed by atoms with E-state index in [1.165, 1.54) is 0 Å². The van der Waals surface area contributed by atoms with E-state index >= 15 is 0 Å². The van der Waals surface area contributed by atoms with Crippen LogP contribution in [0.5, 0.6) is 0 Å². The van der Waals surface area contributed by atoms with Gasteiger partial charge < -0.3 is 14.6 Å². The van der Waals surface area contributed by atoms with Crippen LogP contribution in [-0.4, -0.2) is 35.0 Å². The third-order valence-corrected chi connectivity index (χ3v) is 4.57. The Labute approximate surface area is 148 Å². The van der Waals surface area contributed by atoms with Gasteiger partial charge >= 0.3 is 0 Å². The van der Waals surface area contributed by atoms with Gasteiger partial charge in [0.1, 0.15) is 0 Å². The summed E-state index contributed by atoms with van der Waals surface area (Å²) >= 11 is 0. The molecule has 1 aromatic carbocycles. The topological polar surface area (TPSA) is 62.4 Å². The molecule has 1 aliphatic heterocycles. The van der Waals surface area contributed by atoms with E-state index in [2.05, 4.69) is 4.98 Å². The third kappa shape index (κ3) is 4.10. The number of amides is 1. The Kier molecular flexibility index (Phi) is 4.95. The smallest absolute Gasteiger partial charge is 0.253 e. The Balaban J connectivity index is 1.89. The van der Waals surface area contributed by atoms with Crippen molar-refractivity contribution in [1.29, 1.82) is 0 Å². The molecule has 1 aliphatic rings. The van der Waals surface area contributed by atoms with Gasteiger partial charge in [0.25, 0.3) is 5.56 Å². The van der Waals surface area contributed by atoms with E-state index in [4.69, 9.17) is 4.74 Å². The zero-order valence-corrected chi connectivity index (χ0v) is 15.2. The van der Waals surface area contributed by atoms with E-state index in [9.17, 15) is 9.59 Å². The average molecular weight is 342 g/mol. The van der Waals surface area contributed by atoms with E-state index in [0.29, 0.717) is 18.7 Å². The summed E-state index contributed by atoms with van der Waals surface area (Å²) in [4.78, 5) is 30.0. The molecule has 1 amide bonds. The molecule has 25 heavy (non-hydrogen) atoms. The van der Waals surface area contributed by atoms with Gasteiger partial charge in [-0.05, 0) is 30.4 Å². The first-order valence-electron chi connectivity index (χ1n) is 8.86. The largest absolute Gasteiger partial charge is 0.376 e. The normalized spacial score (nSPS) is 17.8. The second-order valence-electron chi connectivity index (χ2n) is 7.78. The van der Waals surface area contributed by atoms with Crippen molar-refractivity contribution in [2.45, 2.75) is 46.3 Å². The second-order valence-corrected chi connectivity index (χ2v) is 7.78. The molecule has 3 rings (SSSR count). The summed E-state index contributed by atoms with van der Waals surface area (Å²) in [5.74, 6) is 0.0376. The van der Waals surface area contributed by atoms with Crippen molar-refractivity contribution >= 4 is 16.8 Å². The Morgan fingerprint density at radius 2 is 2.08 bits per heavy atom. The molecular formula is C20H26N2O3. The maximum atomic E-state index is 12.9. The van der Waals surface area contributed by atoms with Crippen LogP contribution in [0.2, 0.25) is 0 Å². The number of ether oxygens (including phenoxy) is 1. The minimum absolute atomic E-state index is 0.0376. The third-order valence-electron chi connectivity index (χ3n) is 4.57. The standard InChI is InChI=1S/C20H26N2O3/c1-20(2,3)19(24)22(13-16-8-6-10-25-16)12-15-11-14-7-4-5-9-17(14)21-18(15)23/h4-5,7,9,11,16H,6,8,10,12-13H2,1-3H3,(H,21,23)/t16-/m0/s1. The monoisotopic (exact) mass is 342 g/mol. The molecule has 1 aromatic heterocycles. The number of pyridine rings is 1. The van der Waals surface area contributed by atoms with E-state index in [1.807, 2.05) is 51.1 Å². The van der Waals surface area contributed by atoms with Gasteiger partial charge in [0.15, 0.2) is 0 Å². The van der Waals surface area contributed by atoms with Gasteiger partial charge in [0.2, 0.25) is 5.91 Å². The summed E-state index contributed by atoms with van der Waals surface area (Å²) in [6.45, 7) is 7.30. The number of fused-ring (bicyclic) bond motifs is 1. The molecule has 0 spiro atoms. The lowest BCUT2D eigenvalue weighted by Gasteiger charge is -2.31. The zero-order valence-electron chi connectivity index (χ0n) is 15.2. The summed E-state index contributed by atoms with van der Waals surface area (Å²) in [6, 6.07) is 9.56. The van der Waals surface area contributed by atoms with Crippen LogP contribution < -0.4 is 5.56 Å². The fourth-order valence-electron chi connectivity index (χ4n) is 3.24. The van der Waals surface area contributed by atoms with Gasteiger partial charge in [0, 0.05) is 29.6 Å². The van der Waals surface area contributed by atoms with Crippen molar-refractivity contribution < 1.29 is 9.53 Å². The SMILES string of the molecule is CC(C)(C)C(=O)N(Cc1cc2ccccc2[nH]c1=O)C[C@@H]1CCCO1. The Morgan fingerprint density at radius 1 is 1.32 bits per heavy atom. The van der Waals surface area contributed by atoms with Crippen LogP contribution in [0.4, 0.5) is 0 Å². The van der Waals surface area contributed by atoms with Crippen molar-refractivity contribution in [2.24, 2.45) is 5.41 Å². The molecular weight excluding hydrogens is 316 g/mol. The number of hydrogen-bond donors (Lipinski definition) is 1. The van der Waals surface area contributed by atoms with Gasteiger partial charge in [-0.15, -0.1) is 0 Å². The van der Waals surface area contributed by atoms with Crippen LogP contribution in [0, 0.1) is 5.41 Å². The van der Waals surface area contributed by atoms with Crippen LogP contribution in [-0.2, 0) is 16.1 Å². The highest BCUT2D eigenvalue weighted by molar-refractivity contribution is 5.82. The molecule has 5 nitrogen and oxygen atoms in total. The van der Waals surface area contributed by atoms with Crippen molar-refractivity contribution in [3.8, 4) is 0 Å². The lowest BCUT2D eigenvalue weighted by atomic mass is 9.94. The molecule has 2 heterocycles. The number of aromatic amines is 1. The summed E-state index contributed by atoms with van der Waals surface area (Å²) in [5.41, 5.74) is 0.776. The average Bonchev–Trinajstić information content (AvgIpc) is 3.06. The molecule has 5 heteroatoms. The van der Waals surface area contributed by atoms with Crippen LogP contribution in [0.15, 0.2) is 35.1 Å². The van der Waals surface area contributed by atoms with E-state index in [0.717, 1.165) is 30.4 Å². The van der Waals surface area contributed by atoms with Gasteiger partial charge in [-0.25, -0.2) is 0 Å². The van der Waals surface area contributed by atoms with Crippen molar-refractivity contribution in [2.75, 3.05) is 13.2 Å². The first-order valence-corrected chi connectivity index (χ1v) is 8.86. The molecule has 0 aliphatic carbocycles. The summed E-state index contributed by atoms with van der Waals surface area (Å²) < 4.78 is 5.70. The van der Waals surface area contributed by atoms with Crippen LogP contribution in [0.25, 0.3) is 10.9 Å². The number of nitrogens with one attached hydrogen (secondary N) is 1. The Bertz CT molecular complexity index is 814. The molecule has 1 saturated heterocycles. The van der Waals surface area contributed by atoms with E-state index < -0.39 is 5.41 Å². The van der Waals surface area contributed by atoms with Gasteiger partial charge in [0.05, 0.1) is 12.6 Å². The number of benzene rings is 1. The maximum absolute atomic E-state index is 12.9. The Hall–Kier alpha value is -2.14. The molecule has 0 bridgehead atoms. The molecule has 1 N–H and O–H groups in total. The summed E-state index contributed by atoms with van der Waals surface area (Å²) in [7, 11) is 0. The van der Waals surface area contributed by atoms with Crippen molar-refractivity contribution in [3.63, 3.8) is 0 Å². The van der Waals surface area contributed by atoms with E-state index in [-0.39, 0.29) is 17.6 Å². The molecule has 2 aromatic rings. The second kappa shape index (κ2) is 7.00. The number of aromatic nitrogens is 1. The van der Waals surface area contributed by atoms with E-state index in [1.54, 1.807) is 4.90 Å². The number of carbonyl (C=O) groups excluding carboxylic acids is 1. The van der Waals surface area contributed by atoms with Crippen molar-refractivity contribution in [3.05, 3.63) is 46.2 Å². The van der Waals surface area contributed by atoms with Crippen LogP contribution in [0.1, 0.15) is 39.2 Å². The van der Waals surface area contributed by atoms with Gasteiger partial charge in [-0.3, -0.25) is 9.59 Å². The quantitative estimate of drug-likeness (QED) is 0.929. The van der Waals surface area contributed by atoms with Crippen LogP contribution >= 0.6 is 0 Å². The number of rotatable bonds is 4. The number of para-hydroxylation sites is 1. The molecule has 1 atom stereocenters. The van der Waals surface area contributed by atoms with Gasteiger partial charge in [-0.1, -0.05) is 39.0 Å². The summed E-state index contributed by atoms with van der Waals surface area (Å²) in [5, 5.41) is 0.970. The highest BCUT2D eigenvalue weighted by Crippen LogP contribution is 2.22. The zero-order chi connectivity index (χ0) is 18.0. The molecule has 1 fully saturated rings. The number of carbonyl (C=O) groups is 1. The first-order chi connectivity index (χ1) is 11.8. The highest BCUT2D eigenvalue weighted by Gasteiger charge is 2.30. The predicted octanol–water partition coefficient (Wildman–Crippen LogP) is 3.08. The molecule has 134 valence electrons. The maximum Gasteiger partial charge on any atom is 0.253 e. The summed E-state index contributed by atoms with van der Waals surface area (Å²) in [6.07, 6.45) is 2.05. The highest BCUT2D eigenvalue weighted by atomic mass is 16.5. The van der Waals surface area contributed by atoms with Gasteiger partial charge in [-0.2, -0.15) is 0 Å². The fraction of sp³-hybridized carbons (Fsp3) is 0.500. The molecule has 0 saturated carbocycles. The Morgan fingerprint density at radius 3 is 2.76 bits per heavy atom. The lowest BCUT2D eigenvalue weighted by molar-refractivity contribution is -0.141. The lowest BCUT2D eigenvalue weighted by Crippen LogP contribution is -2.43.